The van der Waals surface area contributed by atoms with Gasteiger partial charge in [-0.1, -0.05) is 12.1 Å². The molecule has 6 nitrogen and oxygen atoms in total. The third-order valence-corrected chi connectivity index (χ3v) is 4.47. The van der Waals surface area contributed by atoms with E-state index in [0.29, 0.717) is 5.69 Å². The molecule has 6 heteroatoms. The van der Waals surface area contributed by atoms with Crippen molar-refractivity contribution in [1.82, 2.24) is 0 Å². The molecule has 148 valence electrons. The fourth-order valence-electron chi connectivity index (χ4n) is 2.84. The number of benzene rings is 2. The molecule has 0 aromatic heterocycles. The van der Waals surface area contributed by atoms with E-state index in [1.54, 1.807) is 6.07 Å². The summed E-state index contributed by atoms with van der Waals surface area (Å²) in [6.45, 7) is 5.96. The summed E-state index contributed by atoms with van der Waals surface area (Å²) in [4.78, 5) is 24.3. The topological polar surface area (TPSA) is 79.5 Å². The third-order valence-electron chi connectivity index (χ3n) is 4.47. The third kappa shape index (κ3) is 5.49. The summed E-state index contributed by atoms with van der Waals surface area (Å²) >= 11 is 0. The van der Waals surface area contributed by atoms with E-state index >= 15 is 0 Å². The first-order valence-electron chi connectivity index (χ1n) is 9.63. The van der Waals surface area contributed by atoms with Crippen molar-refractivity contribution in [2.24, 2.45) is 5.92 Å². The van der Waals surface area contributed by atoms with Gasteiger partial charge < -0.3 is 20.7 Å². The van der Waals surface area contributed by atoms with Crippen LogP contribution in [-0.2, 0) is 9.59 Å². The van der Waals surface area contributed by atoms with E-state index in [0.717, 1.165) is 35.5 Å². The Morgan fingerprint density at radius 3 is 2.50 bits per heavy atom. The maximum Gasteiger partial charge on any atom is 0.243 e. The van der Waals surface area contributed by atoms with Gasteiger partial charge in [0.1, 0.15) is 5.75 Å². The van der Waals surface area contributed by atoms with E-state index in [2.05, 4.69) is 16.0 Å². The van der Waals surface area contributed by atoms with Crippen molar-refractivity contribution < 1.29 is 14.3 Å². The summed E-state index contributed by atoms with van der Waals surface area (Å²) < 4.78 is 5.65. The largest absolute Gasteiger partial charge is 0.491 e. The van der Waals surface area contributed by atoms with E-state index in [1.165, 1.54) is 0 Å². The minimum absolute atomic E-state index is 0.0708. The lowest BCUT2D eigenvalue weighted by atomic mass is 10.1. The molecule has 2 aromatic rings. The zero-order chi connectivity index (χ0) is 20.1. The Bertz CT molecular complexity index is 860. The fraction of sp³-hybridized carbons (Fsp3) is 0.364. The second kappa shape index (κ2) is 8.78. The molecule has 0 heterocycles. The van der Waals surface area contributed by atoms with Crippen molar-refractivity contribution in [3.05, 3.63) is 48.0 Å². The standard InChI is InChI=1S/C22H27N3O3/c1-14(2)28-18-7-4-6-17(12-18)24-21(26)13-23-19-8-5-9-20(15(19)3)25-22(27)16-10-11-16/h4-9,12,14,16,23H,10-11,13H2,1-3H3,(H,24,26)(H,25,27). The van der Waals surface area contributed by atoms with Crippen molar-refractivity contribution >= 4 is 28.9 Å². The van der Waals surface area contributed by atoms with E-state index in [4.69, 9.17) is 4.74 Å². The highest BCUT2D eigenvalue weighted by Gasteiger charge is 2.29. The van der Waals surface area contributed by atoms with Crippen LogP contribution in [-0.4, -0.2) is 24.5 Å². The average molecular weight is 381 g/mol. The Labute approximate surface area is 165 Å². The van der Waals surface area contributed by atoms with Crippen LogP contribution in [0.1, 0.15) is 32.3 Å². The molecule has 1 fully saturated rings. The maximum absolute atomic E-state index is 12.3. The van der Waals surface area contributed by atoms with Crippen LogP contribution < -0.4 is 20.7 Å². The normalized spacial score (nSPS) is 13.1. The van der Waals surface area contributed by atoms with Gasteiger partial charge in [-0.05, 0) is 63.4 Å². The van der Waals surface area contributed by atoms with Crippen LogP contribution in [0.4, 0.5) is 17.1 Å². The molecule has 0 atom stereocenters. The predicted octanol–water partition coefficient (Wildman–Crippen LogP) is 4.18. The summed E-state index contributed by atoms with van der Waals surface area (Å²) in [6, 6.07) is 13.0. The van der Waals surface area contributed by atoms with Crippen LogP contribution in [0.25, 0.3) is 0 Å². The number of amides is 2. The number of hydrogen-bond acceptors (Lipinski definition) is 4. The lowest BCUT2D eigenvalue weighted by Crippen LogP contribution is -2.22. The zero-order valence-electron chi connectivity index (χ0n) is 16.5. The minimum Gasteiger partial charge on any atom is -0.491 e. The average Bonchev–Trinajstić information content (AvgIpc) is 3.47. The van der Waals surface area contributed by atoms with Gasteiger partial charge in [-0.15, -0.1) is 0 Å². The van der Waals surface area contributed by atoms with Crippen LogP contribution in [0.3, 0.4) is 0 Å². The van der Waals surface area contributed by atoms with E-state index in [1.807, 2.05) is 57.2 Å². The second-order valence-electron chi connectivity index (χ2n) is 7.34. The highest BCUT2D eigenvalue weighted by Crippen LogP contribution is 2.31. The first-order chi connectivity index (χ1) is 13.4. The lowest BCUT2D eigenvalue weighted by Gasteiger charge is -2.15. The quantitative estimate of drug-likeness (QED) is 0.641. The minimum atomic E-state index is -0.159. The van der Waals surface area contributed by atoms with Crippen molar-refractivity contribution in [3.63, 3.8) is 0 Å². The summed E-state index contributed by atoms with van der Waals surface area (Å²) in [5.74, 6) is 0.781. The summed E-state index contributed by atoms with van der Waals surface area (Å²) in [7, 11) is 0. The molecule has 0 bridgehead atoms. The highest BCUT2D eigenvalue weighted by molar-refractivity contribution is 5.96. The van der Waals surface area contributed by atoms with Gasteiger partial charge in [0.05, 0.1) is 12.6 Å². The predicted molar refractivity (Wildman–Crippen MR) is 112 cm³/mol. The molecular formula is C22H27N3O3. The molecule has 0 radical (unpaired) electrons. The number of carbonyl (C=O) groups excluding carboxylic acids is 2. The van der Waals surface area contributed by atoms with Gasteiger partial charge in [-0.3, -0.25) is 9.59 Å². The Balaban J connectivity index is 1.56. The molecule has 2 amide bonds. The molecule has 1 aliphatic carbocycles. The Morgan fingerprint density at radius 2 is 1.79 bits per heavy atom. The smallest absolute Gasteiger partial charge is 0.243 e. The number of rotatable bonds is 8. The van der Waals surface area contributed by atoms with Gasteiger partial charge in [0.15, 0.2) is 0 Å². The molecule has 1 aliphatic rings. The van der Waals surface area contributed by atoms with Gasteiger partial charge >= 0.3 is 0 Å². The number of anilines is 3. The van der Waals surface area contributed by atoms with E-state index in [9.17, 15) is 9.59 Å². The van der Waals surface area contributed by atoms with Gasteiger partial charge in [0, 0.05) is 29.0 Å². The number of carbonyl (C=O) groups is 2. The van der Waals surface area contributed by atoms with Gasteiger partial charge in [0.25, 0.3) is 0 Å². The molecular weight excluding hydrogens is 354 g/mol. The molecule has 0 aliphatic heterocycles. The molecule has 3 N–H and O–H groups in total. The van der Waals surface area contributed by atoms with E-state index < -0.39 is 0 Å². The first kappa shape index (κ1) is 19.7. The number of nitrogens with one attached hydrogen (secondary N) is 3. The van der Waals surface area contributed by atoms with Gasteiger partial charge in [-0.25, -0.2) is 0 Å². The Kier molecular flexibility index (Phi) is 6.19. The van der Waals surface area contributed by atoms with Crippen LogP contribution in [0.5, 0.6) is 5.75 Å². The van der Waals surface area contributed by atoms with E-state index in [-0.39, 0.29) is 30.4 Å². The maximum atomic E-state index is 12.3. The summed E-state index contributed by atoms with van der Waals surface area (Å²) in [5, 5.41) is 8.98. The van der Waals surface area contributed by atoms with Crippen molar-refractivity contribution in [1.29, 1.82) is 0 Å². The van der Waals surface area contributed by atoms with Crippen molar-refractivity contribution in [2.75, 3.05) is 22.5 Å². The van der Waals surface area contributed by atoms with Crippen LogP contribution in [0.2, 0.25) is 0 Å². The fourth-order valence-corrected chi connectivity index (χ4v) is 2.84. The zero-order valence-corrected chi connectivity index (χ0v) is 16.5. The molecule has 0 spiro atoms. The van der Waals surface area contributed by atoms with Crippen molar-refractivity contribution in [2.45, 2.75) is 39.7 Å². The molecule has 0 saturated heterocycles. The number of hydrogen-bond donors (Lipinski definition) is 3. The molecule has 2 aromatic carbocycles. The highest BCUT2D eigenvalue weighted by atomic mass is 16.5. The van der Waals surface area contributed by atoms with Crippen LogP contribution >= 0.6 is 0 Å². The van der Waals surface area contributed by atoms with Gasteiger partial charge in [0.2, 0.25) is 11.8 Å². The Morgan fingerprint density at radius 1 is 1.07 bits per heavy atom. The first-order valence-corrected chi connectivity index (χ1v) is 9.63. The van der Waals surface area contributed by atoms with Crippen LogP contribution in [0, 0.1) is 12.8 Å². The van der Waals surface area contributed by atoms with Crippen LogP contribution in [0.15, 0.2) is 42.5 Å². The summed E-state index contributed by atoms with van der Waals surface area (Å²) in [6.07, 6.45) is 2.00. The number of ether oxygens (including phenoxy) is 1. The lowest BCUT2D eigenvalue weighted by molar-refractivity contribution is -0.117. The Hall–Kier alpha value is -3.02. The monoisotopic (exact) mass is 381 g/mol. The summed E-state index contributed by atoms with van der Waals surface area (Å²) in [5.41, 5.74) is 3.20. The second-order valence-corrected chi connectivity index (χ2v) is 7.34. The van der Waals surface area contributed by atoms with Crippen molar-refractivity contribution in [3.8, 4) is 5.75 Å². The molecule has 0 unspecified atom stereocenters. The molecule has 1 saturated carbocycles. The SMILES string of the molecule is Cc1c(NCC(=O)Nc2cccc(OC(C)C)c2)cccc1NC(=O)C1CC1. The van der Waals surface area contributed by atoms with Gasteiger partial charge in [-0.2, -0.15) is 0 Å². The molecule has 3 rings (SSSR count). The molecule has 28 heavy (non-hydrogen) atoms.